The van der Waals surface area contributed by atoms with Gasteiger partial charge >= 0.3 is 0 Å². The number of hydrogen-bond donors (Lipinski definition) is 1. The van der Waals surface area contributed by atoms with Crippen molar-refractivity contribution in [1.82, 2.24) is 5.32 Å². The van der Waals surface area contributed by atoms with Gasteiger partial charge in [0.25, 0.3) is 5.91 Å². The Kier molecular flexibility index (Phi) is 6.89. The highest BCUT2D eigenvalue weighted by Gasteiger charge is 2.11. The Labute approximate surface area is 155 Å². The average Bonchev–Trinajstić information content (AvgIpc) is 2.67. The first-order valence-electron chi connectivity index (χ1n) is 8.04. The molecule has 1 N–H and O–H groups in total. The van der Waals surface area contributed by atoms with Crippen molar-refractivity contribution in [2.24, 2.45) is 0 Å². The normalized spacial score (nSPS) is 10.9. The number of nitriles is 1. The van der Waals surface area contributed by atoms with Crippen LogP contribution in [0.1, 0.15) is 11.1 Å². The topological polar surface area (TPSA) is 71.3 Å². The van der Waals surface area contributed by atoms with Gasteiger partial charge in [0, 0.05) is 18.2 Å². The molecule has 0 fully saturated rings. The van der Waals surface area contributed by atoms with Gasteiger partial charge in [-0.25, -0.2) is 8.78 Å². The maximum absolute atomic E-state index is 13.7. The first kappa shape index (κ1) is 19.9. The summed E-state index contributed by atoms with van der Waals surface area (Å²) >= 11 is 0. The third kappa shape index (κ3) is 5.28. The van der Waals surface area contributed by atoms with Crippen LogP contribution in [0.15, 0.2) is 42.0 Å². The number of carbonyl (C=O) groups excluding carboxylic acids is 1. The highest BCUT2D eigenvalue weighted by molar-refractivity contribution is 6.01. The van der Waals surface area contributed by atoms with Gasteiger partial charge in [0.05, 0.1) is 14.2 Å². The standard InChI is InChI=1S/C20H18F2N2O3/c1-26-18-6-3-13(9-19(18)27-2)7-8-24-20(25)15(12-23)10-14-4-5-16(21)11-17(14)22/h3-6,9-11H,7-8H2,1-2H3,(H,24,25)/b15-10+. The summed E-state index contributed by atoms with van der Waals surface area (Å²) in [5, 5.41) is 11.7. The zero-order chi connectivity index (χ0) is 19.8. The lowest BCUT2D eigenvalue weighted by Crippen LogP contribution is -2.26. The second-order valence-electron chi connectivity index (χ2n) is 5.53. The lowest BCUT2D eigenvalue weighted by molar-refractivity contribution is -0.117. The lowest BCUT2D eigenvalue weighted by Gasteiger charge is -2.10. The molecule has 0 aliphatic rings. The molecule has 2 aromatic carbocycles. The van der Waals surface area contributed by atoms with Crippen molar-refractivity contribution in [3.05, 3.63) is 64.7 Å². The Hall–Kier alpha value is -3.40. The van der Waals surface area contributed by atoms with Crippen LogP contribution in [0.3, 0.4) is 0 Å². The van der Waals surface area contributed by atoms with Crippen LogP contribution in [0.4, 0.5) is 8.78 Å². The van der Waals surface area contributed by atoms with Gasteiger partial charge in [-0.2, -0.15) is 5.26 Å². The zero-order valence-electron chi connectivity index (χ0n) is 14.9. The summed E-state index contributed by atoms with van der Waals surface area (Å²) in [5.41, 5.74) is 0.593. The van der Waals surface area contributed by atoms with Gasteiger partial charge in [-0.3, -0.25) is 4.79 Å². The Morgan fingerprint density at radius 1 is 1.15 bits per heavy atom. The fourth-order valence-corrected chi connectivity index (χ4v) is 2.37. The van der Waals surface area contributed by atoms with E-state index < -0.39 is 17.5 Å². The van der Waals surface area contributed by atoms with Gasteiger partial charge in [-0.05, 0) is 42.3 Å². The van der Waals surface area contributed by atoms with E-state index in [1.807, 2.05) is 6.07 Å². The number of nitrogens with one attached hydrogen (secondary N) is 1. The molecule has 0 aliphatic heterocycles. The van der Waals surface area contributed by atoms with Crippen molar-refractivity contribution in [3.63, 3.8) is 0 Å². The predicted molar refractivity (Wildman–Crippen MR) is 96.2 cm³/mol. The van der Waals surface area contributed by atoms with Crippen LogP contribution in [0, 0.1) is 23.0 Å². The maximum Gasteiger partial charge on any atom is 0.261 e. The van der Waals surface area contributed by atoms with E-state index in [0.717, 1.165) is 17.7 Å². The van der Waals surface area contributed by atoms with Gasteiger partial charge in [0.2, 0.25) is 0 Å². The van der Waals surface area contributed by atoms with Crippen molar-refractivity contribution >= 4 is 12.0 Å². The largest absolute Gasteiger partial charge is 0.493 e. The number of rotatable bonds is 7. The molecule has 0 unspecified atom stereocenters. The van der Waals surface area contributed by atoms with Crippen LogP contribution in [0.25, 0.3) is 6.08 Å². The van der Waals surface area contributed by atoms with E-state index in [9.17, 15) is 13.6 Å². The third-order valence-electron chi connectivity index (χ3n) is 3.77. The highest BCUT2D eigenvalue weighted by Crippen LogP contribution is 2.27. The molecule has 0 atom stereocenters. The predicted octanol–water partition coefficient (Wildman–Crippen LogP) is 3.25. The molecule has 1 amide bonds. The molecule has 140 valence electrons. The molecule has 0 saturated heterocycles. The number of halogens is 2. The molecule has 0 aliphatic carbocycles. The molecule has 2 rings (SSSR count). The molecule has 0 bridgehead atoms. The molecule has 5 nitrogen and oxygen atoms in total. The summed E-state index contributed by atoms with van der Waals surface area (Å²) in [6.45, 7) is 0.263. The van der Waals surface area contributed by atoms with E-state index >= 15 is 0 Å². The molecule has 0 spiro atoms. The maximum atomic E-state index is 13.7. The highest BCUT2D eigenvalue weighted by atomic mass is 19.1. The van der Waals surface area contributed by atoms with Crippen molar-refractivity contribution in [3.8, 4) is 17.6 Å². The summed E-state index contributed by atoms with van der Waals surface area (Å²) < 4.78 is 37.0. The quantitative estimate of drug-likeness (QED) is 0.598. The first-order chi connectivity index (χ1) is 13.0. The first-order valence-corrected chi connectivity index (χ1v) is 8.04. The number of hydrogen-bond acceptors (Lipinski definition) is 4. The minimum atomic E-state index is -0.846. The van der Waals surface area contributed by atoms with E-state index in [-0.39, 0.29) is 17.7 Å². The fraction of sp³-hybridized carbons (Fsp3) is 0.200. The third-order valence-corrected chi connectivity index (χ3v) is 3.77. The fourth-order valence-electron chi connectivity index (χ4n) is 2.37. The molecule has 0 saturated carbocycles. The summed E-state index contributed by atoms with van der Waals surface area (Å²) in [4.78, 5) is 12.1. The molecule has 0 heterocycles. The lowest BCUT2D eigenvalue weighted by atomic mass is 10.1. The average molecular weight is 372 g/mol. The second kappa shape index (κ2) is 9.34. The van der Waals surface area contributed by atoms with Gasteiger partial charge in [0.1, 0.15) is 23.3 Å². The molecular weight excluding hydrogens is 354 g/mol. The molecule has 2 aromatic rings. The number of nitrogens with zero attached hydrogens (tertiary/aromatic N) is 1. The van der Waals surface area contributed by atoms with Crippen molar-refractivity contribution < 1.29 is 23.0 Å². The Balaban J connectivity index is 2.01. The molecule has 27 heavy (non-hydrogen) atoms. The summed E-state index contributed by atoms with van der Waals surface area (Å²) in [7, 11) is 3.07. The van der Waals surface area contributed by atoms with Gasteiger partial charge in [-0.1, -0.05) is 6.07 Å². The monoisotopic (exact) mass is 372 g/mol. The van der Waals surface area contributed by atoms with Gasteiger partial charge in [0.15, 0.2) is 11.5 Å². The van der Waals surface area contributed by atoms with Crippen LogP contribution in [0.5, 0.6) is 11.5 Å². The van der Waals surface area contributed by atoms with Gasteiger partial charge < -0.3 is 14.8 Å². The number of carbonyl (C=O) groups is 1. The van der Waals surface area contributed by atoms with Crippen molar-refractivity contribution in [1.29, 1.82) is 5.26 Å². The van der Waals surface area contributed by atoms with Crippen LogP contribution in [0.2, 0.25) is 0 Å². The minimum Gasteiger partial charge on any atom is -0.493 e. The number of ether oxygens (including phenoxy) is 2. The number of methoxy groups -OCH3 is 2. The van der Waals surface area contributed by atoms with E-state index in [2.05, 4.69) is 5.32 Å². The van der Waals surface area contributed by atoms with E-state index in [1.54, 1.807) is 18.2 Å². The zero-order valence-corrected chi connectivity index (χ0v) is 14.9. The van der Waals surface area contributed by atoms with Crippen LogP contribution in [-0.2, 0) is 11.2 Å². The molecule has 0 aromatic heterocycles. The van der Waals surface area contributed by atoms with Gasteiger partial charge in [-0.15, -0.1) is 0 Å². The molecular formula is C20H18F2N2O3. The van der Waals surface area contributed by atoms with E-state index in [1.165, 1.54) is 20.3 Å². The van der Waals surface area contributed by atoms with E-state index in [0.29, 0.717) is 24.0 Å². The Morgan fingerprint density at radius 2 is 1.89 bits per heavy atom. The minimum absolute atomic E-state index is 0.0389. The number of benzene rings is 2. The summed E-state index contributed by atoms with van der Waals surface area (Å²) in [6.07, 6.45) is 1.58. The Morgan fingerprint density at radius 3 is 2.52 bits per heavy atom. The van der Waals surface area contributed by atoms with Crippen LogP contribution >= 0.6 is 0 Å². The van der Waals surface area contributed by atoms with Crippen molar-refractivity contribution in [2.75, 3.05) is 20.8 Å². The Bertz CT molecular complexity index is 905. The smallest absolute Gasteiger partial charge is 0.261 e. The second-order valence-corrected chi connectivity index (χ2v) is 5.53. The summed E-state index contributed by atoms with van der Waals surface area (Å²) in [5.74, 6) is -1.04. The van der Waals surface area contributed by atoms with Crippen LogP contribution < -0.4 is 14.8 Å². The number of amides is 1. The van der Waals surface area contributed by atoms with E-state index in [4.69, 9.17) is 14.7 Å². The molecule has 7 heteroatoms. The SMILES string of the molecule is COc1ccc(CCNC(=O)/C(C#N)=C/c2ccc(F)cc2F)cc1OC. The summed E-state index contributed by atoms with van der Waals surface area (Å²) in [6, 6.07) is 10.0. The molecule has 0 radical (unpaired) electrons. The van der Waals surface area contributed by atoms with Crippen molar-refractivity contribution in [2.45, 2.75) is 6.42 Å². The van der Waals surface area contributed by atoms with Crippen LogP contribution in [-0.4, -0.2) is 26.7 Å².